The highest BCUT2D eigenvalue weighted by Crippen LogP contribution is 2.45. The molecule has 10 rings (SSSR count). The van der Waals surface area contributed by atoms with Crippen molar-refractivity contribution >= 4 is 59.3 Å². The van der Waals surface area contributed by atoms with Gasteiger partial charge in [0.2, 0.25) is 0 Å². The maximum Gasteiger partial charge on any atom is 0.0640 e. The number of hydrogen-bond acceptors (Lipinski definition) is 2. The molecule has 2 heteroatoms. The molecule has 0 N–H and O–H groups in total. The van der Waals surface area contributed by atoms with Crippen LogP contribution in [0.2, 0.25) is 0 Å². The number of thiophene rings is 1. The number of rotatable bonds is 7. The molecule has 0 aliphatic heterocycles. The maximum absolute atomic E-state index is 2.42. The van der Waals surface area contributed by atoms with Gasteiger partial charge in [-0.25, -0.2) is 0 Å². The molecule has 0 radical (unpaired) electrons. The summed E-state index contributed by atoms with van der Waals surface area (Å²) in [6.45, 7) is 0. The first kappa shape index (κ1) is 32.0. The summed E-state index contributed by atoms with van der Waals surface area (Å²) >= 11 is 1.86. The Balaban J connectivity index is 0.997. The summed E-state index contributed by atoms with van der Waals surface area (Å²) in [6, 6.07) is 77.1. The minimum Gasteiger partial charge on any atom is -0.309 e. The molecule has 0 fully saturated rings. The van der Waals surface area contributed by atoms with Crippen molar-refractivity contribution in [3.05, 3.63) is 212 Å². The molecule has 0 unspecified atom stereocenters. The molecule has 1 nitrogen and oxygen atoms in total. The smallest absolute Gasteiger partial charge is 0.0640 e. The Kier molecular flexibility index (Phi) is 8.09. The molecule has 0 spiro atoms. The minimum atomic E-state index is 1.12. The normalized spacial score (nSPS) is 11.3. The second-order valence-corrected chi connectivity index (χ2v) is 14.8. The fraction of sp³-hybridized carbons (Fsp3) is 0. The fourth-order valence-electron chi connectivity index (χ4n) is 7.70. The van der Waals surface area contributed by atoms with Gasteiger partial charge in [0.15, 0.2) is 0 Å². The molecule has 1 aromatic heterocycles. The first-order valence-corrected chi connectivity index (χ1v) is 19.2. The van der Waals surface area contributed by atoms with Crippen molar-refractivity contribution in [2.45, 2.75) is 0 Å². The first-order chi connectivity index (χ1) is 26.7. The lowest BCUT2D eigenvalue weighted by atomic mass is 9.96. The predicted molar refractivity (Wildman–Crippen MR) is 233 cm³/mol. The van der Waals surface area contributed by atoms with Crippen molar-refractivity contribution in [1.29, 1.82) is 0 Å². The third-order valence-electron chi connectivity index (χ3n) is 10.5. The topological polar surface area (TPSA) is 3.24 Å². The summed E-state index contributed by atoms with van der Waals surface area (Å²) in [5.41, 5.74) is 13.1. The number of anilines is 3. The molecule has 1 heterocycles. The van der Waals surface area contributed by atoms with Gasteiger partial charge in [-0.2, -0.15) is 0 Å². The van der Waals surface area contributed by atoms with Gasteiger partial charge in [-0.15, -0.1) is 11.3 Å². The zero-order valence-corrected chi connectivity index (χ0v) is 30.4. The Morgan fingerprint density at radius 2 is 0.815 bits per heavy atom. The van der Waals surface area contributed by atoms with Gasteiger partial charge < -0.3 is 4.90 Å². The highest BCUT2D eigenvalue weighted by atomic mass is 32.1. The van der Waals surface area contributed by atoms with Crippen LogP contribution in [0.15, 0.2) is 212 Å². The van der Waals surface area contributed by atoms with Crippen molar-refractivity contribution in [3.63, 3.8) is 0 Å². The van der Waals surface area contributed by atoms with Crippen molar-refractivity contribution in [1.82, 2.24) is 0 Å². The van der Waals surface area contributed by atoms with E-state index in [1.165, 1.54) is 81.1 Å². The zero-order chi connectivity index (χ0) is 35.8. The third kappa shape index (κ3) is 5.93. The molecule has 0 saturated carbocycles. The number of benzene rings is 9. The zero-order valence-electron chi connectivity index (χ0n) is 29.6. The Morgan fingerprint density at radius 1 is 0.296 bits per heavy atom. The first-order valence-electron chi connectivity index (χ1n) is 18.4. The molecule has 9 aromatic carbocycles. The molecule has 254 valence electrons. The predicted octanol–water partition coefficient (Wildman–Crippen LogP) is 15.3. The Labute approximate surface area is 319 Å². The van der Waals surface area contributed by atoms with Crippen LogP contribution in [-0.2, 0) is 0 Å². The van der Waals surface area contributed by atoms with Gasteiger partial charge >= 0.3 is 0 Å². The van der Waals surface area contributed by atoms with E-state index in [9.17, 15) is 0 Å². The van der Waals surface area contributed by atoms with Crippen LogP contribution in [0.1, 0.15) is 0 Å². The average Bonchev–Trinajstić information content (AvgIpc) is 3.64. The summed E-state index contributed by atoms with van der Waals surface area (Å²) in [4.78, 5) is 2.42. The molecular formula is C52H35NS. The van der Waals surface area contributed by atoms with E-state index in [1.54, 1.807) is 0 Å². The second kappa shape index (κ2) is 13.7. The monoisotopic (exact) mass is 705 g/mol. The summed E-state index contributed by atoms with van der Waals surface area (Å²) in [5, 5.41) is 5.12. The van der Waals surface area contributed by atoms with Gasteiger partial charge in [0.1, 0.15) is 0 Å². The van der Waals surface area contributed by atoms with E-state index in [1.807, 2.05) is 11.3 Å². The van der Waals surface area contributed by atoms with Crippen LogP contribution < -0.4 is 4.90 Å². The van der Waals surface area contributed by atoms with E-state index in [0.717, 1.165) is 11.4 Å². The van der Waals surface area contributed by atoms with Crippen molar-refractivity contribution in [3.8, 4) is 44.5 Å². The largest absolute Gasteiger partial charge is 0.309 e. The summed E-state index contributed by atoms with van der Waals surface area (Å²) in [7, 11) is 0. The lowest BCUT2D eigenvalue weighted by Crippen LogP contribution is -2.10. The quantitative estimate of drug-likeness (QED) is 0.160. The van der Waals surface area contributed by atoms with Crippen molar-refractivity contribution in [2.75, 3.05) is 4.90 Å². The summed E-state index contributed by atoms with van der Waals surface area (Å²) in [5.74, 6) is 0. The Morgan fingerprint density at radius 3 is 1.61 bits per heavy atom. The molecule has 54 heavy (non-hydrogen) atoms. The lowest BCUT2D eigenvalue weighted by Gasteiger charge is -2.27. The van der Waals surface area contributed by atoms with Gasteiger partial charge in [0.05, 0.1) is 10.4 Å². The second-order valence-electron chi connectivity index (χ2n) is 13.8. The van der Waals surface area contributed by atoms with Crippen molar-refractivity contribution in [2.24, 2.45) is 0 Å². The highest BCUT2D eigenvalue weighted by molar-refractivity contribution is 7.26. The number of hydrogen-bond donors (Lipinski definition) is 0. The van der Waals surface area contributed by atoms with Crippen molar-refractivity contribution < 1.29 is 0 Å². The van der Waals surface area contributed by atoms with Gasteiger partial charge in [-0.1, -0.05) is 164 Å². The van der Waals surface area contributed by atoms with Gasteiger partial charge in [0.25, 0.3) is 0 Å². The van der Waals surface area contributed by atoms with Crippen LogP contribution in [0.3, 0.4) is 0 Å². The fourth-order valence-corrected chi connectivity index (χ4v) is 8.90. The van der Waals surface area contributed by atoms with Crippen LogP contribution in [-0.4, -0.2) is 0 Å². The Bertz CT molecular complexity index is 2920. The average molecular weight is 706 g/mol. The molecule has 0 bridgehead atoms. The van der Waals surface area contributed by atoms with Gasteiger partial charge in [0, 0.05) is 26.8 Å². The number of fused-ring (bicyclic) bond motifs is 4. The molecule has 0 atom stereocenters. The third-order valence-corrected chi connectivity index (χ3v) is 11.7. The van der Waals surface area contributed by atoms with Crippen LogP contribution in [0.25, 0.3) is 75.5 Å². The lowest BCUT2D eigenvalue weighted by molar-refractivity contribution is 1.30. The molecule has 0 saturated heterocycles. The SMILES string of the molecule is c1ccc(-c2cccc(N(c3ccc(-c4ccc(-c5cccc(-c6ccc7ccccc7c6)c5)cc4)cc3)c3cccc4c3sc3ccccc34)c2)cc1. The molecule has 0 amide bonds. The standard InChI is InChI=1S/C52H35NS/c1-2-11-36(12-3-1)44-17-9-18-47(35-44)53(50-21-10-20-49-48-19-6-7-22-51(48)54-52(49)50)46-31-29-39(30-32-46)38-23-25-40(26-24-38)42-15-8-16-43(33-42)45-28-27-37-13-4-5-14-41(37)34-45/h1-35H. The van der Waals surface area contributed by atoms with Crippen LogP contribution in [0.5, 0.6) is 0 Å². The van der Waals surface area contributed by atoms with E-state index >= 15 is 0 Å². The van der Waals surface area contributed by atoms with E-state index in [-0.39, 0.29) is 0 Å². The Hall–Kier alpha value is -6.74. The van der Waals surface area contributed by atoms with Crippen LogP contribution in [0, 0.1) is 0 Å². The van der Waals surface area contributed by atoms with Crippen LogP contribution in [0.4, 0.5) is 17.1 Å². The van der Waals surface area contributed by atoms with E-state index in [2.05, 4.69) is 217 Å². The summed E-state index contributed by atoms with van der Waals surface area (Å²) in [6.07, 6.45) is 0. The molecule has 10 aromatic rings. The maximum atomic E-state index is 2.42. The van der Waals surface area contributed by atoms with Gasteiger partial charge in [-0.05, 0) is 104 Å². The number of nitrogens with zero attached hydrogens (tertiary/aromatic N) is 1. The summed E-state index contributed by atoms with van der Waals surface area (Å²) < 4.78 is 2.59. The van der Waals surface area contributed by atoms with E-state index in [4.69, 9.17) is 0 Å². The molecule has 0 aliphatic carbocycles. The van der Waals surface area contributed by atoms with Gasteiger partial charge in [-0.3, -0.25) is 0 Å². The van der Waals surface area contributed by atoms with Crippen LogP contribution >= 0.6 is 11.3 Å². The minimum absolute atomic E-state index is 1.12. The molecule has 0 aliphatic rings. The van der Waals surface area contributed by atoms with E-state index in [0.29, 0.717) is 0 Å². The highest BCUT2D eigenvalue weighted by Gasteiger charge is 2.19. The molecular weight excluding hydrogens is 671 g/mol. The van der Waals surface area contributed by atoms with E-state index < -0.39 is 0 Å².